The number of aliphatic hydroxyl groups excluding tert-OH is 1. The van der Waals surface area contributed by atoms with Crippen molar-refractivity contribution in [3.05, 3.63) is 71.4 Å². The number of benzene rings is 2. The Labute approximate surface area is 128 Å². The number of H-pyrrole nitrogens is 1. The van der Waals surface area contributed by atoms with Crippen molar-refractivity contribution in [2.45, 2.75) is 12.6 Å². The van der Waals surface area contributed by atoms with Gasteiger partial charge in [-0.3, -0.25) is 10.1 Å². The van der Waals surface area contributed by atoms with Crippen LogP contribution >= 0.6 is 0 Å². The van der Waals surface area contributed by atoms with Crippen LogP contribution in [0.2, 0.25) is 0 Å². The SMILES string of the molecule is C=NCc1[nH]nnc1-c1cccc(C(O)c2ccccc2)c1. The lowest BCUT2D eigenvalue weighted by Gasteiger charge is -2.12. The normalized spacial score (nSPS) is 12.0. The van der Waals surface area contributed by atoms with Crippen molar-refractivity contribution in [2.24, 2.45) is 4.99 Å². The first-order valence-electron chi connectivity index (χ1n) is 6.95. The van der Waals surface area contributed by atoms with Crippen molar-refractivity contribution in [3.8, 4) is 11.3 Å². The molecule has 2 N–H and O–H groups in total. The van der Waals surface area contributed by atoms with Crippen LogP contribution in [0.4, 0.5) is 0 Å². The Morgan fingerprint density at radius 2 is 1.86 bits per heavy atom. The summed E-state index contributed by atoms with van der Waals surface area (Å²) in [6.45, 7) is 3.91. The van der Waals surface area contributed by atoms with Gasteiger partial charge in [-0.25, -0.2) is 0 Å². The predicted molar refractivity (Wildman–Crippen MR) is 85.6 cm³/mol. The average Bonchev–Trinajstić information content (AvgIpc) is 3.04. The van der Waals surface area contributed by atoms with Gasteiger partial charge in [0.1, 0.15) is 11.8 Å². The van der Waals surface area contributed by atoms with E-state index in [2.05, 4.69) is 27.1 Å². The van der Waals surface area contributed by atoms with Crippen LogP contribution in [0.1, 0.15) is 22.9 Å². The second kappa shape index (κ2) is 6.32. The molecule has 0 fully saturated rings. The number of aliphatic imine (C=N–C) groups is 1. The van der Waals surface area contributed by atoms with Crippen molar-refractivity contribution < 1.29 is 5.11 Å². The summed E-state index contributed by atoms with van der Waals surface area (Å²) in [7, 11) is 0. The zero-order valence-electron chi connectivity index (χ0n) is 12.0. The zero-order valence-corrected chi connectivity index (χ0v) is 12.0. The number of hydrogen-bond donors (Lipinski definition) is 2. The Bertz CT molecular complexity index is 767. The third-order valence-electron chi connectivity index (χ3n) is 3.48. The fourth-order valence-corrected chi connectivity index (χ4v) is 2.39. The largest absolute Gasteiger partial charge is 0.384 e. The summed E-state index contributed by atoms with van der Waals surface area (Å²) in [4.78, 5) is 3.86. The van der Waals surface area contributed by atoms with Gasteiger partial charge < -0.3 is 5.11 Å². The van der Waals surface area contributed by atoms with Crippen LogP contribution in [0, 0.1) is 0 Å². The van der Waals surface area contributed by atoms with E-state index in [1.54, 1.807) is 0 Å². The van der Waals surface area contributed by atoms with E-state index in [1.165, 1.54) is 0 Å². The van der Waals surface area contributed by atoms with Gasteiger partial charge in [-0.15, -0.1) is 5.10 Å². The Balaban J connectivity index is 1.96. The number of aromatic nitrogens is 3. The molecular formula is C17H16N4O. The summed E-state index contributed by atoms with van der Waals surface area (Å²) < 4.78 is 0. The first-order valence-corrected chi connectivity index (χ1v) is 6.95. The maximum absolute atomic E-state index is 10.5. The van der Waals surface area contributed by atoms with E-state index in [0.29, 0.717) is 6.54 Å². The molecule has 0 saturated carbocycles. The van der Waals surface area contributed by atoms with Gasteiger partial charge in [0.15, 0.2) is 0 Å². The molecule has 0 aliphatic heterocycles. The molecule has 0 amide bonds. The fourth-order valence-electron chi connectivity index (χ4n) is 2.39. The van der Waals surface area contributed by atoms with Gasteiger partial charge in [0.2, 0.25) is 0 Å². The molecule has 5 nitrogen and oxygen atoms in total. The van der Waals surface area contributed by atoms with E-state index in [4.69, 9.17) is 0 Å². The third kappa shape index (κ3) is 2.80. The fraction of sp³-hybridized carbons (Fsp3) is 0.118. The molecule has 0 bridgehead atoms. The minimum absolute atomic E-state index is 0.424. The molecule has 0 radical (unpaired) electrons. The number of rotatable bonds is 5. The van der Waals surface area contributed by atoms with Gasteiger partial charge >= 0.3 is 0 Å². The standard InChI is InChI=1S/C17H16N4O/c1-18-11-15-16(20-21-19-15)13-8-5-9-14(10-13)17(22)12-6-3-2-4-7-12/h2-10,17,22H,1,11H2,(H,19,20,21). The highest BCUT2D eigenvalue weighted by molar-refractivity contribution is 5.62. The van der Waals surface area contributed by atoms with E-state index >= 15 is 0 Å². The summed E-state index contributed by atoms with van der Waals surface area (Å²) in [5.41, 5.74) is 4.09. The molecule has 1 unspecified atom stereocenters. The monoisotopic (exact) mass is 292 g/mol. The van der Waals surface area contributed by atoms with Crippen molar-refractivity contribution in [2.75, 3.05) is 0 Å². The summed E-state index contributed by atoms with van der Waals surface area (Å²) >= 11 is 0. The van der Waals surface area contributed by atoms with Crippen molar-refractivity contribution in [1.82, 2.24) is 15.4 Å². The van der Waals surface area contributed by atoms with Crippen molar-refractivity contribution >= 4 is 6.72 Å². The molecule has 1 heterocycles. The van der Waals surface area contributed by atoms with E-state index in [-0.39, 0.29) is 0 Å². The van der Waals surface area contributed by atoms with Crippen LogP contribution in [0.25, 0.3) is 11.3 Å². The molecule has 3 rings (SSSR count). The average molecular weight is 292 g/mol. The Kier molecular flexibility index (Phi) is 4.07. The molecular weight excluding hydrogens is 276 g/mol. The first kappa shape index (κ1) is 14.2. The maximum Gasteiger partial charge on any atom is 0.117 e. The molecule has 0 aliphatic carbocycles. The lowest BCUT2D eigenvalue weighted by Crippen LogP contribution is -1.99. The van der Waals surface area contributed by atoms with Gasteiger partial charge in [-0.2, -0.15) is 0 Å². The molecule has 0 spiro atoms. The molecule has 1 atom stereocenters. The van der Waals surface area contributed by atoms with Gasteiger partial charge in [-0.1, -0.05) is 53.7 Å². The van der Waals surface area contributed by atoms with Gasteiger partial charge in [0.05, 0.1) is 12.2 Å². The van der Waals surface area contributed by atoms with Crippen LogP contribution < -0.4 is 0 Å². The molecule has 3 aromatic rings. The molecule has 5 heteroatoms. The van der Waals surface area contributed by atoms with Crippen LogP contribution in [-0.2, 0) is 6.54 Å². The minimum atomic E-state index is -0.672. The number of nitrogens with zero attached hydrogens (tertiary/aromatic N) is 3. The second-order valence-corrected chi connectivity index (χ2v) is 4.96. The smallest absolute Gasteiger partial charge is 0.117 e. The molecule has 2 aromatic carbocycles. The maximum atomic E-state index is 10.5. The Hall–Kier alpha value is -2.79. The molecule has 0 saturated heterocycles. The highest BCUT2D eigenvalue weighted by Crippen LogP contribution is 2.27. The van der Waals surface area contributed by atoms with Gasteiger partial charge in [0.25, 0.3) is 0 Å². The lowest BCUT2D eigenvalue weighted by molar-refractivity contribution is 0.220. The quantitative estimate of drug-likeness (QED) is 0.710. The first-order chi connectivity index (χ1) is 10.8. The van der Waals surface area contributed by atoms with E-state index in [9.17, 15) is 5.11 Å². The van der Waals surface area contributed by atoms with E-state index in [0.717, 1.165) is 28.1 Å². The lowest BCUT2D eigenvalue weighted by atomic mass is 9.98. The van der Waals surface area contributed by atoms with Crippen molar-refractivity contribution in [3.63, 3.8) is 0 Å². The van der Waals surface area contributed by atoms with Gasteiger partial charge in [0, 0.05) is 5.56 Å². The number of nitrogens with one attached hydrogen (secondary N) is 1. The Morgan fingerprint density at radius 1 is 1.09 bits per heavy atom. The summed E-state index contributed by atoms with van der Waals surface area (Å²) in [6.07, 6.45) is -0.672. The molecule has 1 aromatic heterocycles. The second-order valence-electron chi connectivity index (χ2n) is 4.96. The highest BCUT2D eigenvalue weighted by atomic mass is 16.3. The molecule has 22 heavy (non-hydrogen) atoms. The molecule has 110 valence electrons. The third-order valence-corrected chi connectivity index (χ3v) is 3.48. The Morgan fingerprint density at radius 3 is 2.64 bits per heavy atom. The number of aromatic amines is 1. The van der Waals surface area contributed by atoms with Crippen LogP contribution in [0.3, 0.4) is 0 Å². The summed E-state index contributed by atoms with van der Waals surface area (Å²) in [5, 5.41) is 21.3. The number of aliphatic hydroxyl groups is 1. The van der Waals surface area contributed by atoms with Crippen molar-refractivity contribution in [1.29, 1.82) is 0 Å². The van der Waals surface area contributed by atoms with Crippen LogP contribution in [0.15, 0.2) is 59.6 Å². The number of hydrogen-bond acceptors (Lipinski definition) is 4. The highest BCUT2D eigenvalue weighted by Gasteiger charge is 2.13. The summed E-state index contributed by atoms with van der Waals surface area (Å²) in [6, 6.07) is 17.2. The topological polar surface area (TPSA) is 74.2 Å². The molecule has 0 aliphatic rings. The van der Waals surface area contributed by atoms with Gasteiger partial charge in [-0.05, 0) is 23.9 Å². The predicted octanol–water partition coefficient (Wildman–Crippen LogP) is 2.75. The van der Waals surface area contributed by atoms with Crippen LogP contribution in [0.5, 0.6) is 0 Å². The summed E-state index contributed by atoms with van der Waals surface area (Å²) in [5.74, 6) is 0. The minimum Gasteiger partial charge on any atom is -0.384 e. The van der Waals surface area contributed by atoms with Crippen LogP contribution in [-0.4, -0.2) is 27.2 Å². The van der Waals surface area contributed by atoms with E-state index in [1.807, 2.05) is 54.6 Å². The van der Waals surface area contributed by atoms with E-state index < -0.39 is 6.10 Å². The zero-order chi connectivity index (χ0) is 15.4.